The topological polar surface area (TPSA) is 43.4 Å². The van der Waals surface area contributed by atoms with Crippen molar-refractivity contribution in [2.75, 3.05) is 7.11 Å². The van der Waals surface area contributed by atoms with Gasteiger partial charge in [-0.3, -0.25) is 9.59 Å². The number of ketones is 2. The molecule has 1 aliphatic rings. The van der Waals surface area contributed by atoms with E-state index in [9.17, 15) is 9.59 Å². The Hall–Kier alpha value is -1.48. The fourth-order valence-corrected chi connectivity index (χ4v) is 2.70. The molecule has 19 heavy (non-hydrogen) atoms. The van der Waals surface area contributed by atoms with Crippen LogP contribution in [-0.4, -0.2) is 18.7 Å². The van der Waals surface area contributed by atoms with Crippen LogP contribution in [0.2, 0.25) is 0 Å². The average Bonchev–Trinajstić information content (AvgIpc) is 2.39. The van der Waals surface area contributed by atoms with Gasteiger partial charge in [-0.2, -0.15) is 0 Å². The Labute approximate surface area is 114 Å². The van der Waals surface area contributed by atoms with Gasteiger partial charge in [0.2, 0.25) is 0 Å². The van der Waals surface area contributed by atoms with Crippen molar-refractivity contribution in [1.29, 1.82) is 0 Å². The molecule has 0 heterocycles. The molecule has 102 valence electrons. The monoisotopic (exact) mass is 260 g/mol. The predicted octanol–water partition coefficient (Wildman–Crippen LogP) is 3.12. The molecule has 1 aliphatic carbocycles. The molecule has 0 bridgehead atoms. The second-order valence-corrected chi connectivity index (χ2v) is 5.53. The fraction of sp³-hybridized carbons (Fsp3) is 0.500. The molecular formula is C16H20O3. The zero-order chi connectivity index (χ0) is 14.0. The van der Waals surface area contributed by atoms with Crippen LogP contribution >= 0.6 is 0 Å². The Morgan fingerprint density at radius 3 is 2.58 bits per heavy atom. The molecule has 1 unspecified atom stereocenters. The first kappa shape index (κ1) is 13.9. The van der Waals surface area contributed by atoms with Gasteiger partial charge in [-0.15, -0.1) is 0 Å². The number of carbonyl (C=O) groups is 2. The van der Waals surface area contributed by atoms with Crippen LogP contribution in [0.15, 0.2) is 24.3 Å². The van der Waals surface area contributed by atoms with E-state index in [0.29, 0.717) is 17.9 Å². The van der Waals surface area contributed by atoms with Gasteiger partial charge in [0.15, 0.2) is 17.2 Å². The maximum atomic E-state index is 12.4. The lowest BCUT2D eigenvalue weighted by molar-refractivity contribution is -0.143. The average molecular weight is 260 g/mol. The van der Waals surface area contributed by atoms with E-state index in [1.807, 2.05) is 18.2 Å². The van der Waals surface area contributed by atoms with E-state index in [1.54, 1.807) is 13.2 Å². The number of rotatable bonds is 4. The number of hydrogen-bond acceptors (Lipinski definition) is 3. The van der Waals surface area contributed by atoms with E-state index in [2.05, 4.69) is 13.8 Å². The quantitative estimate of drug-likeness (QED) is 0.781. The molecule has 1 atom stereocenters. The molecule has 0 saturated carbocycles. The molecule has 0 amide bonds. The number of hydrogen-bond donors (Lipinski definition) is 0. The van der Waals surface area contributed by atoms with Crippen LogP contribution in [-0.2, 0) is 15.1 Å². The van der Waals surface area contributed by atoms with E-state index >= 15 is 0 Å². The highest BCUT2D eigenvalue weighted by Gasteiger charge is 2.46. The van der Waals surface area contributed by atoms with E-state index in [1.165, 1.54) is 0 Å². The van der Waals surface area contributed by atoms with Crippen LogP contribution in [0.3, 0.4) is 0 Å². The summed E-state index contributed by atoms with van der Waals surface area (Å²) in [4.78, 5) is 24.3. The SMILES string of the molecule is COC1(CCC(C)C)C(=O)CC(=O)c2ccccc21. The summed E-state index contributed by atoms with van der Waals surface area (Å²) in [6, 6.07) is 7.31. The molecule has 0 spiro atoms. The number of benzene rings is 1. The third-order valence-electron chi connectivity index (χ3n) is 3.86. The highest BCUT2D eigenvalue weighted by atomic mass is 16.5. The van der Waals surface area contributed by atoms with Crippen molar-refractivity contribution in [2.24, 2.45) is 5.92 Å². The summed E-state index contributed by atoms with van der Waals surface area (Å²) in [5.74, 6) is 0.279. The van der Waals surface area contributed by atoms with Crippen LogP contribution in [0, 0.1) is 5.92 Å². The van der Waals surface area contributed by atoms with Gasteiger partial charge in [0.05, 0.1) is 6.42 Å². The van der Waals surface area contributed by atoms with Gasteiger partial charge in [-0.25, -0.2) is 0 Å². The zero-order valence-electron chi connectivity index (χ0n) is 11.7. The smallest absolute Gasteiger partial charge is 0.176 e. The molecule has 0 saturated heterocycles. The van der Waals surface area contributed by atoms with Gasteiger partial charge in [0.1, 0.15) is 0 Å². The van der Waals surface area contributed by atoms with Crippen molar-refractivity contribution >= 4 is 11.6 Å². The Kier molecular flexibility index (Phi) is 3.85. The second kappa shape index (κ2) is 5.25. The van der Waals surface area contributed by atoms with Gasteiger partial charge in [-0.05, 0) is 18.8 Å². The summed E-state index contributed by atoms with van der Waals surface area (Å²) in [5.41, 5.74) is 0.432. The molecule has 3 heteroatoms. The van der Waals surface area contributed by atoms with Gasteiger partial charge in [0, 0.05) is 18.2 Å². The van der Waals surface area contributed by atoms with Crippen LogP contribution in [0.5, 0.6) is 0 Å². The second-order valence-electron chi connectivity index (χ2n) is 5.53. The number of fused-ring (bicyclic) bond motifs is 1. The van der Waals surface area contributed by atoms with Gasteiger partial charge >= 0.3 is 0 Å². The predicted molar refractivity (Wildman–Crippen MR) is 73.2 cm³/mol. The minimum Gasteiger partial charge on any atom is -0.366 e. The lowest BCUT2D eigenvalue weighted by Crippen LogP contribution is -2.44. The first-order valence-electron chi connectivity index (χ1n) is 6.72. The molecule has 0 radical (unpaired) electrons. The third kappa shape index (κ3) is 2.35. The van der Waals surface area contributed by atoms with Crippen molar-refractivity contribution in [1.82, 2.24) is 0 Å². The molecule has 0 aliphatic heterocycles. The first-order valence-corrected chi connectivity index (χ1v) is 6.72. The summed E-state index contributed by atoms with van der Waals surface area (Å²) in [5, 5.41) is 0. The van der Waals surface area contributed by atoms with Crippen molar-refractivity contribution in [3.05, 3.63) is 35.4 Å². The molecule has 0 fully saturated rings. The van der Waals surface area contributed by atoms with E-state index in [4.69, 9.17) is 4.74 Å². The maximum absolute atomic E-state index is 12.4. The minimum absolute atomic E-state index is 0.0526. The third-order valence-corrected chi connectivity index (χ3v) is 3.86. The van der Waals surface area contributed by atoms with Crippen molar-refractivity contribution in [2.45, 2.75) is 38.7 Å². The van der Waals surface area contributed by atoms with Crippen LogP contribution in [0.25, 0.3) is 0 Å². The van der Waals surface area contributed by atoms with E-state index < -0.39 is 5.60 Å². The largest absolute Gasteiger partial charge is 0.366 e. The molecular weight excluding hydrogens is 240 g/mol. The number of carbonyl (C=O) groups excluding carboxylic acids is 2. The highest BCUT2D eigenvalue weighted by Crippen LogP contribution is 2.39. The first-order chi connectivity index (χ1) is 9.01. The van der Waals surface area contributed by atoms with Crippen LogP contribution < -0.4 is 0 Å². The lowest BCUT2D eigenvalue weighted by atomic mass is 9.74. The lowest BCUT2D eigenvalue weighted by Gasteiger charge is -2.36. The molecule has 2 rings (SSSR count). The van der Waals surface area contributed by atoms with Gasteiger partial charge in [-0.1, -0.05) is 38.1 Å². The van der Waals surface area contributed by atoms with Crippen LogP contribution in [0.4, 0.5) is 0 Å². The van der Waals surface area contributed by atoms with E-state index in [0.717, 1.165) is 12.0 Å². The highest BCUT2D eigenvalue weighted by molar-refractivity contribution is 6.15. The Morgan fingerprint density at radius 2 is 1.95 bits per heavy atom. The Morgan fingerprint density at radius 1 is 1.26 bits per heavy atom. The minimum atomic E-state index is -0.936. The maximum Gasteiger partial charge on any atom is 0.176 e. The Bertz CT molecular complexity index is 504. The molecule has 1 aromatic rings. The Balaban J connectivity index is 2.49. The van der Waals surface area contributed by atoms with Gasteiger partial charge in [0.25, 0.3) is 0 Å². The number of Topliss-reactive ketones (excluding diaryl/α,β-unsaturated/α-hetero) is 2. The summed E-state index contributed by atoms with van der Waals surface area (Å²) in [6.45, 7) is 4.24. The molecule has 3 nitrogen and oxygen atoms in total. The van der Waals surface area contributed by atoms with Crippen molar-refractivity contribution in [3.8, 4) is 0 Å². The standard InChI is InChI=1S/C16H20O3/c1-11(2)8-9-16(19-3)13-7-5-4-6-12(13)14(17)10-15(16)18/h4-7,11H,8-10H2,1-3H3. The number of ether oxygens (including phenoxy) is 1. The summed E-state index contributed by atoms with van der Waals surface area (Å²) in [6.07, 6.45) is 1.47. The molecule has 0 aromatic heterocycles. The van der Waals surface area contributed by atoms with E-state index in [-0.39, 0.29) is 18.0 Å². The van der Waals surface area contributed by atoms with Crippen LogP contribution in [0.1, 0.15) is 49.0 Å². The summed E-state index contributed by atoms with van der Waals surface area (Å²) >= 11 is 0. The summed E-state index contributed by atoms with van der Waals surface area (Å²) < 4.78 is 5.61. The summed E-state index contributed by atoms with van der Waals surface area (Å²) in [7, 11) is 1.56. The zero-order valence-corrected chi connectivity index (χ0v) is 11.7. The molecule has 0 N–H and O–H groups in total. The van der Waals surface area contributed by atoms with Crippen molar-refractivity contribution in [3.63, 3.8) is 0 Å². The van der Waals surface area contributed by atoms with Crippen molar-refractivity contribution < 1.29 is 14.3 Å². The fourth-order valence-electron chi connectivity index (χ4n) is 2.70. The normalized spacial score (nSPS) is 22.7. The number of methoxy groups -OCH3 is 1. The van der Waals surface area contributed by atoms with Gasteiger partial charge < -0.3 is 4.74 Å². The molecule has 1 aromatic carbocycles.